The predicted molar refractivity (Wildman–Crippen MR) is 77.9 cm³/mol. The van der Waals surface area contributed by atoms with Crippen LogP contribution in [0.4, 0.5) is 19.3 Å². The van der Waals surface area contributed by atoms with Gasteiger partial charge in [-0.2, -0.15) is 0 Å². The fraction of sp³-hybridized carbons (Fsp3) is 0.533. The van der Waals surface area contributed by atoms with Gasteiger partial charge in [-0.3, -0.25) is 0 Å². The molecule has 1 aliphatic rings. The van der Waals surface area contributed by atoms with Gasteiger partial charge >= 0.3 is 6.09 Å². The highest BCUT2D eigenvalue weighted by Gasteiger charge is 2.39. The van der Waals surface area contributed by atoms with E-state index >= 15 is 0 Å². The van der Waals surface area contributed by atoms with Gasteiger partial charge in [-0.25, -0.2) is 13.6 Å². The lowest BCUT2D eigenvalue weighted by Gasteiger charge is -2.24. The zero-order valence-corrected chi connectivity index (χ0v) is 12.8. The second kappa shape index (κ2) is 5.98. The van der Waals surface area contributed by atoms with Crippen LogP contribution < -0.4 is 10.5 Å². The summed E-state index contributed by atoms with van der Waals surface area (Å²) in [5.41, 5.74) is 4.71. The number of carbonyl (C=O) groups excluding carboxylic acids is 1. The Hall–Kier alpha value is -2.05. The zero-order valence-electron chi connectivity index (χ0n) is 12.8. The molecule has 5 nitrogen and oxygen atoms in total. The number of rotatable bonds is 2. The minimum atomic E-state index is -1.37. The van der Waals surface area contributed by atoms with Gasteiger partial charge in [0.05, 0.1) is 18.8 Å². The molecular formula is C15H20F2N2O3. The normalized spacial score (nSPS) is 21.8. The third-order valence-corrected chi connectivity index (χ3v) is 3.11. The van der Waals surface area contributed by atoms with E-state index in [1.54, 1.807) is 20.8 Å². The number of hydrogen-bond donors (Lipinski definition) is 1. The van der Waals surface area contributed by atoms with Gasteiger partial charge in [0.2, 0.25) is 0 Å². The second-order valence-electron chi connectivity index (χ2n) is 6.24. The SMILES string of the molecule is CC(C)(C)OC(=O)N1C[C@H](Oc2ccc(N)c(F)c2)[C@@H](F)C1. The smallest absolute Gasteiger partial charge is 0.410 e. The van der Waals surface area contributed by atoms with Crippen LogP contribution in [0.15, 0.2) is 18.2 Å². The van der Waals surface area contributed by atoms with Crippen molar-refractivity contribution in [2.24, 2.45) is 0 Å². The molecule has 1 aromatic carbocycles. The molecular weight excluding hydrogens is 294 g/mol. The lowest BCUT2D eigenvalue weighted by atomic mass is 10.2. The Kier molecular flexibility index (Phi) is 4.44. The Morgan fingerprint density at radius 2 is 2.05 bits per heavy atom. The lowest BCUT2D eigenvalue weighted by molar-refractivity contribution is 0.0273. The molecule has 0 unspecified atom stereocenters. The summed E-state index contributed by atoms with van der Waals surface area (Å²) in [5, 5.41) is 0. The third kappa shape index (κ3) is 3.99. The van der Waals surface area contributed by atoms with Crippen molar-refractivity contribution in [1.82, 2.24) is 4.90 Å². The van der Waals surface area contributed by atoms with Crippen LogP contribution in [-0.2, 0) is 4.74 Å². The number of hydrogen-bond acceptors (Lipinski definition) is 4. The molecule has 1 aromatic rings. The number of benzene rings is 1. The monoisotopic (exact) mass is 314 g/mol. The van der Waals surface area contributed by atoms with Gasteiger partial charge in [0.25, 0.3) is 0 Å². The van der Waals surface area contributed by atoms with Crippen LogP contribution in [0, 0.1) is 5.82 Å². The fourth-order valence-corrected chi connectivity index (χ4v) is 2.08. The van der Waals surface area contributed by atoms with Gasteiger partial charge in [-0.15, -0.1) is 0 Å². The van der Waals surface area contributed by atoms with Crippen LogP contribution in [0.25, 0.3) is 0 Å². The number of nitrogens with two attached hydrogens (primary N) is 1. The van der Waals surface area contributed by atoms with Crippen molar-refractivity contribution in [1.29, 1.82) is 0 Å². The number of anilines is 1. The van der Waals surface area contributed by atoms with E-state index in [4.69, 9.17) is 15.2 Å². The van der Waals surface area contributed by atoms with Gasteiger partial charge in [0, 0.05) is 6.07 Å². The Bertz CT molecular complexity index is 560. The molecule has 0 bridgehead atoms. The van der Waals surface area contributed by atoms with Crippen molar-refractivity contribution in [3.8, 4) is 5.75 Å². The Labute approximate surface area is 128 Å². The van der Waals surface area contributed by atoms with Crippen molar-refractivity contribution < 1.29 is 23.0 Å². The summed E-state index contributed by atoms with van der Waals surface area (Å²) >= 11 is 0. The molecule has 2 rings (SSSR count). The second-order valence-corrected chi connectivity index (χ2v) is 6.24. The first-order chi connectivity index (χ1) is 10.2. The highest BCUT2D eigenvalue weighted by Crippen LogP contribution is 2.24. The quantitative estimate of drug-likeness (QED) is 0.853. The Morgan fingerprint density at radius 3 is 2.64 bits per heavy atom. The topological polar surface area (TPSA) is 64.8 Å². The maximum absolute atomic E-state index is 14.0. The first-order valence-corrected chi connectivity index (χ1v) is 6.99. The van der Waals surface area contributed by atoms with E-state index in [1.807, 2.05) is 0 Å². The van der Waals surface area contributed by atoms with Crippen molar-refractivity contribution >= 4 is 11.8 Å². The van der Waals surface area contributed by atoms with Crippen LogP contribution in [-0.4, -0.2) is 42.0 Å². The number of ether oxygens (including phenoxy) is 2. The summed E-state index contributed by atoms with van der Waals surface area (Å²) < 4.78 is 38.0. The molecule has 1 heterocycles. The van der Waals surface area contributed by atoms with E-state index in [-0.39, 0.29) is 24.5 Å². The number of amides is 1. The summed E-state index contributed by atoms with van der Waals surface area (Å²) in [4.78, 5) is 13.2. The lowest BCUT2D eigenvalue weighted by Crippen LogP contribution is -2.36. The standard InChI is InChI=1S/C15H20F2N2O3/c1-15(2,3)22-14(20)19-7-11(17)13(8-19)21-9-4-5-12(18)10(16)6-9/h4-6,11,13H,7-8,18H2,1-3H3/t11-,13-/m0/s1. The number of carbonyl (C=O) groups is 1. The van der Waals surface area contributed by atoms with E-state index in [1.165, 1.54) is 17.0 Å². The van der Waals surface area contributed by atoms with Gasteiger partial charge in [0.1, 0.15) is 23.3 Å². The van der Waals surface area contributed by atoms with Gasteiger partial charge in [0.15, 0.2) is 6.17 Å². The molecule has 0 aromatic heterocycles. The molecule has 22 heavy (non-hydrogen) atoms. The molecule has 0 saturated carbocycles. The molecule has 0 spiro atoms. The van der Waals surface area contributed by atoms with Crippen LogP contribution >= 0.6 is 0 Å². The molecule has 1 aliphatic heterocycles. The van der Waals surface area contributed by atoms with Gasteiger partial charge in [-0.1, -0.05) is 0 Å². The molecule has 1 amide bonds. The molecule has 1 fully saturated rings. The minimum absolute atomic E-state index is 0.00838. The van der Waals surface area contributed by atoms with Crippen LogP contribution in [0.5, 0.6) is 5.75 Å². The van der Waals surface area contributed by atoms with Crippen molar-refractivity contribution in [2.45, 2.75) is 38.6 Å². The minimum Gasteiger partial charge on any atom is -0.485 e. The largest absolute Gasteiger partial charge is 0.485 e. The average molecular weight is 314 g/mol. The van der Waals surface area contributed by atoms with E-state index in [2.05, 4.69) is 0 Å². The van der Waals surface area contributed by atoms with Crippen LogP contribution in [0.1, 0.15) is 20.8 Å². The van der Waals surface area contributed by atoms with E-state index in [0.29, 0.717) is 0 Å². The highest BCUT2D eigenvalue weighted by atomic mass is 19.1. The van der Waals surface area contributed by atoms with E-state index in [0.717, 1.165) is 6.07 Å². The maximum Gasteiger partial charge on any atom is 0.410 e. The van der Waals surface area contributed by atoms with Gasteiger partial charge < -0.3 is 20.1 Å². The number of likely N-dealkylation sites (tertiary alicyclic amines) is 1. The first kappa shape index (κ1) is 16.3. The molecule has 1 saturated heterocycles. The molecule has 7 heteroatoms. The predicted octanol–water partition coefficient (Wildman–Crippen LogP) is 2.74. The van der Waals surface area contributed by atoms with Crippen molar-refractivity contribution in [3.05, 3.63) is 24.0 Å². The molecule has 2 N–H and O–H groups in total. The third-order valence-electron chi connectivity index (χ3n) is 3.11. The summed E-state index contributed by atoms with van der Waals surface area (Å²) in [6.45, 7) is 5.14. The number of nitrogen functional groups attached to an aromatic ring is 1. The number of halogens is 2. The Morgan fingerprint density at radius 1 is 1.36 bits per heavy atom. The summed E-state index contributed by atoms with van der Waals surface area (Å²) in [5.74, 6) is -0.458. The maximum atomic E-state index is 14.0. The first-order valence-electron chi connectivity index (χ1n) is 6.99. The number of nitrogens with zero attached hydrogens (tertiary/aromatic N) is 1. The van der Waals surface area contributed by atoms with Crippen LogP contribution in [0.3, 0.4) is 0 Å². The average Bonchev–Trinajstić information content (AvgIpc) is 2.74. The van der Waals surface area contributed by atoms with E-state index in [9.17, 15) is 13.6 Å². The highest BCUT2D eigenvalue weighted by molar-refractivity contribution is 5.68. The Balaban J connectivity index is 1.99. The fourth-order valence-electron chi connectivity index (χ4n) is 2.08. The van der Waals surface area contributed by atoms with E-state index < -0.39 is 29.8 Å². The van der Waals surface area contributed by atoms with Crippen LogP contribution in [0.2, 0.25) is 0 Å². The molecule has 2 atom stereocenters. The summed E-state index contributed by atoms with van der Waals surface area (Å²) in [6.07, 6.45) is -2.83. The molecule has 0 radical (unpaired) electrons. The van der Waals surface area contributed by atoms with Crippen molar-refractivity contribution in [3.63, 3.8) is 0 Å². The summed E-state index contributed by atoms with van der Waals surface area (Å²) in [6, 6.07) is 3.90. The zero-order chi connectivity index (χ0) is 16.5. The summed E-state index contributed by atoms with van der Waals surface area (Å²) in [7, 11) is 0. The van der Waals surface area contributed by atoms with Gasteiger partial charge in [-0.05, 0) is 32.9 Å². The molecule has 0 aliphatic carbocycles. The van der Waals surface area contributed by atoms with Crippen molar-refractivity contribution in [2.75, 3.05) is 18.8 Å². The number of alkyl halides is 1. The molecule has 122 valence electrons.